The molecule has 2 N–H and O–H groups in total. The molecule has 0 spiro atoms. The SMILES string of the molecule is CCCCCCCCC(C)NC(=O)N1CCNCC1. The average Bonchev–Trinajstić information content (AvgIpc) is 2.43. The third-order valence-corrected chi connectivity index (χ3v) is 3.76. The van der Waals surface area contributed by atoms with Gasteiger partial charge in [0.2, 0.25) is 0 Å². The van der Waals surface area contributed by atoms with Crippen LogP contribution in [0.4, 0.5) is 4.79 Å². The monoisotopic (exact) mass is 269 g/mol. The van der Waals surface area contributed by atoms with Gasteiger partial charge in [-0.1, -0.05) is 45.4 Å². The van der Waals surface area contributed by atoms with Gasteiger partial charge in [0.05, 0.1) is 0 Å². The van der Waals surface area contributed by atoms with Gasteiger partial charge in [-0.15, -0.1) is 0 Å². The zero-order valence-corrected chi connectivity index (χ0v) is 12.7. The number of urea groups is 1. The van der Waals surface area contributed by atoms with Crippen molar-refractivity contribution in [1.82, 2.24) is 15.5 Å². The Morgan fingerprint density at radius 3 is 2.47 bits per heavy atom. The molecule has 112 valence electrons. The van der Waals surface area contributed by atoms with Gasteiger partial charge < -0.3 is 15.5 Å². The van der Waals surface area contributed by atoms with Gasteiger partial charge in [-0.2, -0.15) is 0 Å². The molecule has 0 aromatic rings. The van der Waals surface area contributed by atoms with Crippen molar-refractivity contribution in [3.8, 4) is 0 Å². The molecular weight excluding hydrogens is 238 g/mol. The highest BCUT2D eigenvalue weighted by Crippen LogP contribution is 2.08. The second-order valence-corrected chi connectivity index (χ2v) is 5.64. The van der Waals surface area contributed by atoms with Gasteiger partial charge in [-0.05, 0) is 13.3 Å². The summed E-state index contributed by atoms with van der Waals surface area (Å²) in [5.74, 6) is 0. The van der Waals surface area contributed by atoms with E-state index < -0.39 is 0 Å². The van der Waals surface area contributed by atoms with E-state index in [9.17, 15) is 4.79 Å². The topological polar surface area (TPSA) is 44.4 Å². The molecule has 4 heteroatoms. The second kappa shape index (κ2) is 10.1. The van der Waals surface area contributed by atoms with Gasteiger partial charge in [-0.25, -0.2) is 4.79 Å². The van der Waals surface area contributed by atoms with Crippen molar-refractivity contribution in [1.29, 1.82) is 0 Å². The van der Waals surface area contributed by atoms with Crippen LogP contribution in [0, 0.1) is 0 Å². The first kappa shape index (κ1) is 16.3. The predicted molar refractivity (Wildman–Crippen MR) is 80.4 cm³/mol. The molecule has 1 fully saturated rings. The quantitative estimate of drug-likeness (QED) is 0.666. The molecule has 19 heavy (non-hydrogen) atoms. The van der Waals surface area contributed by atoms with E-state index >= 15 is 0 Å². The van der Waals surface area contributed by atoms with Gasteiger partial charge in [0, 0.05) is 32.2 Å². The van der Waals surface area contributed by atoms with Crippen LogP contribution in [0.3, 0.4) is 0 Å². The molecule has 0 aliphatic carbocycles. The Kier molecular flexibility index (Phi) is 8.63. The van der Waals surface area contributed by atoms with Gasteiger partial charge in [-0.3, -0.25) is 0 Å². The Hall–Kier alpha value is -0.770. The van der Waals surface area contributed by atoms with Gasteiger partial charge in [0.1, 0.15) is 0 Å². The van der Waals surface area contributed by atoms with Crippen molar-refractivity contribution in [3.63, 3.8) is 0 Å². The lowest BCUT2D eigenvalue weighted by Gasteiger charge is -2.29. The molecule has 0 bridgehead atoms. The predicted octanol–water partition coefficient (Wildman–Crippen LogP) is 2.74. The number of rotatable bonds is 8. The number of hydrogen-bond acceptors (Lipinski definition) is 2. The van der Waals surface area contributed by atoms with Crippen LogP contribution < -0.4 is 10.6 Å². The number of piperazine rings is 1. The molecule has 0 aromatic carbocycles. The fourth-order valence-corrected chi connectivity index (χ4v) is 2.47. The standard InChI is InChI=1S/C15H31N3O/c1-3-4-5-6-7-8-9-14(2)17-15(19)18-12-10-16-11-13-18/h14,16H,3-13H2,1-2H3,(H,17,19). The van der Waals surface area contributed by atoms with E-state index in [1.54, 1.807) is 0 Å². The average molecular weight is 269 g/mol. The van der Waals surface area contributed by atoms with Gasteiger partial charge in [0.15, 0.2) is 0 Å². The highest BCUT2D eigenvalue weighted by molar-refractivity contribution is 5.74. The van der Waals surface area contributed by atoms with Crippen LogP contribution in [0.15, 0.2) is 0 Å². The number of hydrogen-bond donors (Lipinski definition) is 2. The lowest BCUT2D eigenvalue weighted by Crippen LogP contribution is -2.51. The van der Waals surface area contributed by atoms with E-state index in [2.05, 4.69) is 24.5 Å². The minimum Gasteiger partial charge on any atom is -0.336 e. The maximum Gasteiger partial charge on any atom is 0.317 e. The molecule has 0 aromatic heterocycles. The van der Waals surface area contributed by atoms with Crippen molar-refractivity contribution in [2.45, 2.75) is 64.8 Å². The Bertz CT molecular complexity index is 240. The Balaban J connectivity index is 2.02. The summed E-state index contributed by atoms with van der Waals surface area (Å²) in [6, 6.07) is 0.411. The number of amides is 2. The molecule has 0 radical (unpaired) electrons. The normalized spacial score (nSPS) is 17.3. The number of unbranched alkanes of at least 4 members (excludes halogenated alkanes) is 5. The van der Waals surface area contributed by atoms with E-state index in [0.717, 1.165) is 32.6 Å². The van der Waals surface area contributed by atoms with Crippen LogP contribution in [0.1, 0.15) is 58.8 Å². The second-order valence-electron chi connectivity index (χ2n) is 5.64. The summed E-state index contributed by atoms with van der Waals surface area (Å²) < 4.78 is 0. The van der Waals surface area contributed by atoms with Crippen molar-refractivity contribution in [2.75, 3.05) is 26.2 Å². The molecule has 2 amide bonds. The summed E-state index contributed by atoms with van der Waals surface area (Å²) in [7, 11) is 0. The minimum absolute atomic E-state index is 0.111. The maximum atomic E-state index is 12.0. The lowest BCUT2D eigenvalue weighted by atomic mass is 10.1. The molecule has 1 aliphatic heterocycles. The summed E-state index contributed by atoms with van der Waals surface area (Å²) in [6.07, 6.45) is 8.99. The number of nitrogens with one attached hydrogen (secondary N) is 2. The lowest BCUT2D eigenvalue weighted by molar-refractivity contribution is 0.186. The first-order valence-corrected chi connectivity index (χ1v) is 8.00. The first-order valence-electron chi connectivity index (χ1n) is 8.00. The zero-order valence-electron chi connectivity index (χ0n) is 12.7. The maximum absolute atomic E-state index is 12.0. The summed E-state index contributed by atoms with van der Waals surface area (Å²) in [6.45, 7) is 7.85. The smallest absolute Gasteiger partial charge is 0.317 e. The summed E-state index contributed by atoms with van der Waals surface area (Å²) in [5.41, 5.74) is 0. The van der Waals surface area contributed by atoms with Crippen LogP contribution in [0.5, 0.6) is 0 Å². The zero-order chi connectivity index (χ0) is 13.9. The molecule has 1 atom stereocenters. The molecule has 1 unspecified atom stereocenters. The van der Waals surface area contributed by atoms with Gasteiger partial charge in [0.25, 0.3) is 0 Å². The van der Waals surface area contributed by atoms with E-state index in [4.69, 9.17) is 0 Å². The number of nitrogens with zero attached hydrogens (tertiary/aromatic N) is 1. The molecule has 1 saturated heterocycles. The highest BCUT2D eigenvalue weighted by atomic mass is 16.2. The molecule has 1 aliphatic rings. The molecule has 1 heterocycles. The molecule has 1 rings (SSSR count). The van der Waals surface area contributed by atoms with Crippen LogP contribution in [0.2, 0.25) is 0 Å². The van der Waals surface area contributed by atoms with Crippen LogP contribution in [-0.2, 0) is 0 Å². The third-order valence-electron chi connectivity index (χ3n) is 3.76. The van der Waals surface area contributed by atoms with Crippen LogP contribution >= 0.6 is 0 Å². The Morgan fingerprint density at radius 2 is 1.79 bits per heavy atom. The third kappa shape index (κ3) is 7.41. The largest absolute Gasteiger partial charge is 0.336 e. The summed E-state index contributed by atoms with van der Waals surface area (Å²) >= 11 is 0. The molecule has 0 saturated carbocycles. The fourth-order valence-electron chi connectivity index (χ4n) is 2.47. The summed E-state index contributed by atoms with van der Waals surface area (Å²) in [5, 5.41) is 6.37. The summed E-state index contributed by atoms with van der Waals surface area (Å²) in [4.78, 5) is 13.9. The van der Waals surface area contributed by atoms with Crippen molar-refractivity contribution >= 4 is 6.03 Å². The Labute approximate surface area is 118 Å². The fraction of sp³-hybridized carbons (Fsp3) is 0.933. The minimum atomic E-state index is 0.111. The highest BCUT2D eigenvalue weighted by Gasteiger charge is 2.17. The first-order chi connectivity index (χ1) is 9.24. The van der Waals surface area contributed by atoms with Crippen LogP contribution in [0.25, 0.3) is 0 Å². The van der Waals surface area contributed by atoms with Gasteiger partial charge >= 0.3 is 6.03 Å². The van der Waals surface area contributed by atoms with Crippen molar-refractivity contribution in [2.24, 2.45) is 0 Å². The number of carbonyl (C=O) groups is 1. The number of carbonyl (C=O) groups excluding carboxylic acids is 1. The van der Waals surface area contributed by atoms with E-state index in [1.807, 2.05) is 4.90 Å². The Morgan fingerprint density at radius 1 is 1.16 bits per heavy atom. The van der Waals surface area contributed by atoms with E-state index in [0.29, 0.717) is 6.04 Å². The molecule has 4 nitrogen and oxygen atoms in total. The van der Waals surface area contributed by atoms with Crippen LogP contribution in [-0.4, -0.2) is 43.2 Å². The van der Waals surface area contributed by atoms with E-state index in [-0.39, 0.29) is 6.03 Å². The molecular formula is C15H31N3O. The van der Waals surface area contributed by atoms with Crippen molar-refractivity contribution in [3.05, 3.63) is 0 Å². The van der Waals surface area contributed by atoms with E-state index in [1.165, 1.54) is 38.5 Å². The van der Waals surface area contributed by atoms with Crippen molar-refractivity contribution < 1.29 is 4.79 Å².